The second-order valence-electron chi connectivity index (χ2n) is 8.67. The minimum absolute atomic E-state index is 0. The van der Waals surface area contributed by atoms with E-state index in [0.717, 1.165) is 48.9 Å². The number of halogens is 2. The number of hydrogen-bond acceptors (Lipinski definition) is 5. The van der Waals surface area contributed by atoms with E-state index >= 15 is 0 Å². The van der Waals surface area contributed by atoms with Crippen LogP contribution in [0.3, 0.4) is 0 Å². The highest BCUT2D eigenvalue weighted by Crippen LogP contribution is 2.31. The number of aliphatic hydroxyl groups is 1. The highest BCUT2D eigenvalue weighted by Gasteiger charge is 2.22. The normalized spacial score (nSPS) is 15.5. The van der Waals surface area contributed by atoms with Gasteiger partial charge in [-0.15, -0.1) is 24.8 Å². The Morgan fingerprint density at radius 3 is 2.10 bits per heavy atom. The number of β-amino-alcohol motifs (C(OH)–C–C–N with tert-alkyl or cyclic N) is 1. The fourth-order valence-corrected chi connectivity index (χ4v) is 3.81. The van der Waals surface area contributed by atoms with Crippen molar-refractivity contribution >= 4 is 30.5 Å². The molecule has 2 aromatic rings. The quantitative estimate of drug-likeness (QED) is 0.649. The maximum absolute atomic E-state index is 10.5. The van der Waals surface area contributed by atoms with Gasteiger partial charge in [0.2, 0.25) is 0 Å². The molecule has 0 aliphatic carbocycles. The average Bonchev–Trinajstić information content (AvgIpc) is 2.72. The van der Waals surface area contributed by atoms with Crippen LogP contribution in [0, 0.1) is 0 Å². The predicted octanol–water partition coefficient (Wildman–Crippen LogP) is 4.40. The van der Waals surface area contributed by atoms with Gasteiger partial charge < -0.3 is 19.5 Å². The van der Waals surface area contributed by atoms with Crippen molar-refractivity contribution in [1.29, 1.82) is 0 Å². The van der Waals surface area contributed by atoms with Crippen LogP contribution in [0.1, 0.15) is 26.3 Å². The summed E-state index contributed by atoms with van der Waals surface area (Å²) in [5, 5.41) is 10.5. The van der Waals surface area contributed by atoms with Gasteiger partial charge >= 0.3 is 0 Å². The monoisotopic (exact) mass is 470 g/mol. The van der Waals surface area contributed by atoms with E-state index < -0.39 is 6.10 Å². The second-order valence-corrected chi connectivity index (χ2v) is 8.67. The first kappa shape index (κ1) is 27.4. The van der Waals surface area contributed by atoms with Crippen molar-refractivity contribution in [3.05, 3.63) is 54.1 Å². The van der Waals surface area contributed by atoms with Crippen LogP contribution in [0.2, 0.25) is 0 Å². The molecule has 1 aliphatic heterocycles. The molecule has 7 heteroatoms. The molecule has 174 valence electrons. The molecule has 31 heavy (non-hydrogen) atoms. The SMILES string of the molecule is COc1ccccc1N1CCN(CC(O)COc2ccccc2C(C)(C)C)CC1.Cl.Cl. The summed E-state index contributed by atoms with van der Waals surface area (Å²) in [6.45, 7) is 11.1. The van der Waals surface area contributed by atoms with Crippen LogP contribution < -0.4 is 14.4 Å². The topological polar surface area (TPSA) is 45.2 Å². The summed E-state index contributed by atoms with van der Waals surface area (Å²) in [6.07, 6.45) is -0.513. The maximum Gasteiger partial charge on any atom is 0.142 e. The smallest absolute Gasteiger partial charge is 0.142 e. The van der Waals surface area contributed by atoms with E-state index in [4.69, 9.17) is 9.47 Å². The number of anilines is 1. The van der Waals surface area contributed by atoms with Crippen LogP contribution in [0.5, 0.6) is 11.5 Å². The molecule has 1 heterocycles. The molecule has 1 fully saturated rings. The van der Waals surface area contributed by atoms with E-state index in [9.17, 15) is 5.11 Å². The van der Waals surface area contributed by atoms with Gasteiger partial charge in [0.25, 0.3) is 0 Å². The molecule has 1 atom stereocenters. The van der Waals surface area contributed by atoms with Crippen LogP contribution in [0.4, 0.5) is 5.69 Å². The third-order valence-corrected chi connectivity index (χ3v) is 5.39. The molecular weight excluding hydrogens is 435 g/mol. The molecule has 0 saturated carbocycles. The molecule has 1 saturated heterocycles. The number of aliphatic hydroxyl groups excluding tert-OH is 1. The molecule has 0 bridgehead atoms. The molecule has 3 rings (SSSR count). The van der Waals surface area contributed by atoms with Gasteiger partial charge in [0.1, 0.15) is 24.2 Å². The van der Waals surface area contributed by atoms with E-state index in [1.165, 1.54) is 0 Å². The minimum atomic E-state index is -0.513. The minimum Gasteiger partial charge on any atom is -0.495 e. The zero-order valence-electron chi connectivity index (χ0n) is 18.9. The number of benzene rings is 2. The summed E-state index contributed by atoms with van der Waals surface area (Å²) in [5.74, 6) is 1.77. The van der Waals surface area contributed by atoms with Crippen LogP contribution in [0.15, 0.2) is 48.5 Å². The van der Waals surface area contributed by atoms with Gasteiger partial charge in [0, 0.05) is 32.7 Å². The standard InChI is InChI=1S/C24H34N2O3.2ClH/c1-24(2,3)20-9-5-7-11-22(20)29-18-19(27)17-25-13-15-26(16-14-25)21-10-6-8-12-23(21)28-4;;/h5-12,19,27H,13-18H2,1-4H3;2*1H. The number of piperazine rings is 1. The molecule has 0 amide bonds. The molecule has 0 aromatic heterocycles. The lowest BCUT2D eigenvalue weighted by molar-refractivity contribution is 0.0656. The molecule has 5 nitrogen and oxygen atoms in total. The molecule has 1 unspecified atom stereocenters. The molecular formula is C24H36Cl2N2O3. The molecule has 0 radical (unpaired) electrons. The largest absolute Gasteiger partial charge is 0.495 e. The Bertz CT molecular complexity index is 790. The van der Waals surface area contributed by atoms with Crippen LogP contribution in [-0.4, -0.2) is 62.6 Å². The number of ether oxygens (including phenoxy) is 2. The van der Waals surface area contributed by atoms with Gasteiger partial charge in [-0.3, -0.25) is 4.90 Å². The average molecular weight is 471 g/mol. The summed E-state index contributed by atoms with van der Waals surface area (Å²) in [4.78, 5) is 4.65. The van der Waals surface area contributed by atoms with Crippen LogP contribution in [0.25, 0.3) is 0 Å². The number of rotatable bonds is 7. The zero-order valence-corrected chi connectivity index (χ0v) is 20.5. The second kappa shape index (κ2) is 12.4. The number of hydrogen-bond donors (Lipinski definition) is 1. The summed E-state index contributed by atoms with van der Waals surface area (Å²) in [5.41, 5.74) is 2.31. The Labute approximate surface area is 199 Å². The molecule has 0 spiro atoms. The first-order chi connectivity index (χ1) is 13.9. The van der Waals surface area contributed by atoms with Crippen molar-refractivity contribution in [2.24, 2.45) is 0 Å². The number of nitrogens with zero attached hydrogens (tertiary/aromatic N) is 2. The van der Waals surface area contributed by atoms with Crippen molar-refractivity contribution in [3.8, 4) is 11.5 Å². The zero-order chi connectivity index (χ0) is 20.9. The fraction of sp³-hybridized carbons (Fsp3) is 0.500. The van der Waals surface area contributed by atoms with Gasteiger partial charge in [-0.2, -0.15) is 0 Å². The Balaban J connectivity index is 0.00000240. The van der Waals surface area contributed by atoms with Gasteiger partial charge in [-0.25, -0.2) is 0 Å². The summed E-state index contributed by atoms with van der Waals surface area (Å²) in [7, 11) is 1.71. The van der Waals surface area contributed by atoms with Gasteiger partial charge in [-0.05, 0) is 29.2 Å². The molecule has 1 N–H and O–H groups in total. The highest BCUT2D eigenvalue weighted by molar-refractivity contribution is 5.85. The van der Waals surface area contributed by atoms with Crippen LogP contribution >= 0.6 is 24.8 Å². The molecule has 2 aromatic carbocycles. The third-order valence-electron chi connectivity index (χ3n) is 5.39. The van der Waals surface area contributed by atoms with Crippen molar-refractivity contribution in [3.63, 3.8) is 0 Å². The Morgan fingerprint density at radius 1 is 0.903 bits per heavy atom. The maximum atomic E-state index is 10.5. The van der Waals surface area contributed by atoms with Crippen molar-refractivity contribution < 1.29 is 14.6 Å². The lowest BCUT2D eigenvalue weighted by Gasteiger charge is -2.37. The first-order valence-electron chi connectivity index (χ1n) is 10.4. The van der Waals surface area contributed by atoms with Crippen molar-refractivity contribution in [2.45, 2.75) is 32.3 Å². The van der Waals surface area contributed by atoms with Crippen LogP contribution in [-0.2, 0) is 5.41 Å². The molecule has 1 aliphatic rings. The summed E-state index contributed by atoms with van der Waals surface area (Å²) in [6, 6.07) is 16.2. The van der Waals surface area contributed by atoms with Gasteiger partial charge in [-0.1, -0.05) is 51.1 Å². The summed E-state index contributed by atoms with van der Waals surface area (Å²) < 4.78 is 11.5. The number of methoxy groups -OCH3 is 1. The van der Waals surface area contributed by atoms with E-state index in [2.05, 4.69) is 42.7 Å². The van der Waals surface area contributed by atoms with Gasteiger partial charge in [0.05, 0.1) is 12.8 Å². The number of para-hydroxylation sites is 3. The predicted molar refractivity (Wildman–Crippen MR) is 133 cm³/mol. The van der Waals surface area contributed by atoms with E-state index in [1.807, 2.05) is 36.4 Å². The van der Waals surface area contributed by atoms with E-state index in [0.29, 0.717) is 13.2 Å². The Hall–Kier alpha value is -1.66. The summed E-state index contributed by atoms with van der Waals surface area (Å²) >= 11 is 0. The lowest BCUT2D eigenvalue weighted by atomic mass is 9.86. The van der Waals surface area contributed by atoms with E-state index in [-0.39, 0.29) is 30.2 Å². The first-order valence-corrected chi connectivity index (χ1v) is 10.4. The van der Waals surface area contributed by atoms with Crippen molar-refractivity contribution in [1.82, 2.24) is 4.90 Å². The van der Waals surface area contributed by atoms with E-state index in [1.54, 1.807) is 7.11 Å². The fourth-order valence-electron chi connectivity index (χ4n) is 3.81. The Kier molecular flexibility index (Phi) is 10.9. The lowest BCUT2D eigenvalue weighted by Crippen LogP contribution is -2.49. The highest BCUT2D eigenvalue weighted by atomic mass is 35.5. The van der Waals surface area contributed by atoms with Crippen molar-refractivity contribution in [2.75, 3.05) is 51.3 Å². The third kappa shape index (κ3) is 7.46. The Morgan fingerprint density at radius 2 is 1.48 bits per heavy atom. The van der Waals surface area contributed by atoms with Gasteiger partial charge in [0.15, 0.2) is 0 Å².